The summed E-state index contributed by atoms with van der Waals surface area (Å²) in [5.74, 6) is 2.56. The van der Waals surface area contributed by atoms with Gasteiger partial charge in [-0.2, -0.15) is 0 Å². The van der Waals surface area contributed by atoms with Crippen LogP contribution in [-0.2, 0) is 0 Å². The van der Waals surface area contributed by atoms with Gasteiger partial charge in [-0.3, -0.25) is 4.90 Å². The van der Waals surface area contributed by atoms with Crippen molar-refractivity contribution < 1.29 is 14.2 Å². The van der Waals surface area contributed by atoms with Crippen molar-refractivity contribution >= 4 is 0 Å². The van der Waals surface area contributed by atoms with Gasteiger partial charge in [0.15, 0.2) is 0 Å². The Bertz CT molecular complexity index is 699. The first-order valence-electron chi connectivity index (χ1n) is 8.57. The predicted molar refractivity (Wildman–Crippen MR) is 98.8 cm³/mol. The van der Waals surface area contributed by atoms with Gasteiger partial charge in [-0.05, 0) is 35.9 Å². The molecule has 0 radical (unpaired) electrons. The van der Waals surface area contributed by atoms with Gasteiger partial charge in [-0.15, -0.1) is 0 Å². The zero-order valence-electron chi connectivity index (χ0n) is 15.1. The molecule has 5 heteroatoms. The molecule has 1 aliphatic rings. The van der Waals surface area contributed by atoms with Gasteiger partial charge in [0.2, 0.25) is 0 Å². The number of nitrogens with zero attached hydrogens (tertiary/aromatic N) is 1. The molecule has 1 aliphatic heterocycles. The molecule has 1 N–H and O–H groups in total. The van der Waals surface area contributed by atoms with E-state index in [1.807, 2.05) is 24.3 Å². The van der Waals surface area contributed by atoms with Crippen LogP contribution >= 0.6 is 0 Å². The molecule has 0 aromatic heterocycles. The Kier molecular flexibility index (Phi) is 5.79. The maximum absolute atomic E-state index is 5.67. The smallest absolute Gasteiger partial charge is 0.124 e. The van der Waals surface area contributed by atoms with Gasteiger partial charge in [-0.1, -0.05) is 12.1 Å². The van der Waals surface area contributed by atoms with Crippen LogP contribution in [0.5, 0.6) is 17.2 Å². The molecular weight excluding hydrogens is 316 g/mol. The molecule has 0 amide bonds. The number of ether oxygens (including phenoxy) is 3. The Morgan fingerprint density at radius 1 is 0.880 bits per heavy atom. The third kappa shape index (κ3) is 3.89. The van der Waals surface area contributed by atoms with Crippen LogP contribution in [0.25, 0.3) is 0 Å². The van der Waals surface area contributed by atoms with Gasteiger partial charge in [0, 0.05) is 31.7 Å². The molecule has 1 saturated heterocycles. The topological polar surface area (TPSA) is 43.0 Å². The minimum Gasteiger partial charge on any atom is -0.497 e. The molecule has 0 aliphatic carbocycles. The first-order chi connectivity index (χ1) is 12.3. The van der Waals surface area contributed by atoms with Crippen molar-refractivity contribution in [2.75, 3.05) is 47.5 Å². The van der Waals surface area contributed by atoms with Crippen molar-refractivity contribution in [2.45, 2.75) is 6.04 Å². The molecule has 0 spiro atoms. The predicted octanol–water partition coefficient (Wildman–Crippen LogP) is 2.71. The van der Waals surface area contributed by atoms with Gasteiger partial charge < -0.3 is 19.5 Å². The van der Waals surface area contributed by atoms with Crippen molar-refractivity contribution in [2.24, 2.45) is 0 Å². The summed E-state index contributed by atoms with van der Waals surface area (Å²) < 4.78 is 16.6. The van der Waals surface area contributed by atoms with Gasteiger partial charge in [0.25, 0.3) is 0 Å². The molecule has 1 heterocycles. The van der Waals surface area contributed by atoms with Crippen molar-refractivity contribution in [3.63, 3.8) is 0 Å². The summed E-state index contributed by atoms with van der Waals surface area (Å²) in [4.78, 5) is 2.47. The summed E-state index contributed by atoms with van der Waals surface area (Å²) in [5.41, 5.74) is 2.30. The van der Waals surface area contributed by atoms with Crippen LogP contribution in [0, 0.1) is 0 Å². The van der Waals surface area contributed by atoms with Gasteiger partial charge >= 0.3 is 0 Å². The van der Waals surface area contributed by atoms with Gasteiger partial charge in [0.05, 0.1) is 27.4 Å². The van der Waals surface area contributed by atoms with Crippen LogP contribution in [0.15, 0.2) is 42.5 Å². The van der Waals surface area contributed by atoms with E-state index in [1.54, 1.807) is 21.3 Å². The molecule has 25 heavy (non-hydrogen) atoms. The standard InChI is InChI=1S/C20H26N2O3/c1-23-16-6-4-5-15(13-16)20(22-11-9-21-10-12-22)18-14-17(24-2)7-8-19(18)25-3/h4-8,13-14,20-21H,9-12H2,1-3H3. The summed E-state index contributed by atoms with van der Waals surface area (Å²) in [6.07, 6.45) is 0. The molecule has 2 aromatic rings. The van der Waals surface area contributed by atoms with Crippen molar-refractivity contribution in [1.29, 1.82) is 0 Å². The van der Waals surface area contributed by atoms with Gasteiger partial charge in [-0.25, -0.2) is 0 Å². The molecule has 3 rings (SSSR count). The summed E-state index contributed by atoms with van der Waals surface area (Å²) in [7, 11) is 5.10. The van der Waals surface area contributed by atoms with E-state index in [2.05, 4.69) is 28.4 Å². The largest absolute Gasteiger partial charge is 0.497 e. The number of benzene rings is 2. The lowest BCUT2D eigenvalue weighted by atomic mass is 9.95. The molecule has 134 valence electrons. The van der Waals surface area contributed by atoms with Crippen molar-refractivity contribution in [3.8, 4) is 17.2 Å². The van der Waals surface area contributed by atoms with E-state index in [-0.39, 0.29) is 6.04 Å². The highest BCUT2D eigenvalue weighted by molar-refractivity contribution is 5.47. The quantitative estimate of drug-likeness (QED) is 0.874. The molecule has 0 bridgehead atoms. The highest BCUT2D eigenvalue weighted by Gasteiger charge is 2.27. The molecule has 2 aromatic carbocycles. The average Bonchev–Trinajstić information content (AvgIpc) is 2.69. The third-order valence-corrected chi connectivity index (χ3v) is 4.66. The number of nitrogens with one attached hydrogen (secondary N) is 1. The fourth-order valence-corrected chi connectivity index (χ4v) is 3.39. The lowest BCUT2D eigenvalue weighted by Gasteiger charge is -2.36. The van der Waals surface area contributed by atoms with E-state index in [0.717, 1.165) is 49.0 Å². The third-order valence-electron chi connectivity index (χ3n) is 4.66. The maximum atomic E-state index is 5.67. The normalized spacial score (nSPS) is 16.3. The highest BCUT2D eigenvalue weighted by Crippen LogP contribution is 2.38. The molecule has 1 atom stereocenters. The molecule has 1 fully saturated rings. The Morgan fingerprint density at radius 3 is 2.28 bits per heavy atom. The number of methoxy groups -OCH3 is 3. The van der Waals surface area contributed by atoms with Crippen LogP contribution in [0.4, 0.5) is 0 Å². The van der Waals surface area contributed by atoms with E-state index < -0.39 is 0 Å². The van der Waals surface area contributed by atoms with E-state index >= 15 is 0 Å². The highest BCUT2D eigenvalue weighted by atomic mass is 16.5. The van der Waals surface area contributed by atoms with Crippen LogP contribution in [0.1, 0.15) is 17.2 Å². The zero-order chi connectivity index (χ0) is 17.6. The van der Waals surface area contributed by atoms with E-state index in [1.165, 1.54) is 5.56 Å². The van der Waals surface area contributed by atoms with Crippen molar-refractivity contribution in [1.82, 2.24) is 10.2 Å². The van der Waals surface area contributed by atoms with E-state index in [0.29, 0.717) is 0 Å². The minimum absolute atomic E-state index is 0.0854. The van der Waals surface area contributed by atoms with Gasteiger partial charge in [0.1, 0.15) is 17.2 Å². The Labute approximate surface area is 149 Å². The summed E-state index contributed by atoms with van der Waals surface area (Å²) in [6.45, 7) is 3.91. The Hall–Kier alpha value is -2.24. The Morgan fingerprint density at radius 2 is 1.60 bits per heavy atom. The molecular formula is C20H26N2O3. The van der Waals surface area contributed by atoms with Crippen LogP contribution in [0.3, 0.4) is 0 Å². The molecule has 1 unspecified atom stereocenters. The fourth-order valence-electron chi connectivity index (χ4n) is 3.39. The second kappa shape index (κ2) is 8.23. The Balaban J connectivity index is 2.10. The zero-order valence-corrected chi connectivity index (χ0v) is 15.1. The lowest BCUT2D eigenvalue weighted by molar-refractivity contribution is 0.195. The first-order valence-corrected chi connectivity index (χ1v) is 8.57. The first kappa shape index (κ1) is 17.6. The maximum Gasteiger partial charge on any atom is 0.124 e. The van der Waals surface area contributed by atoms with Crippen LogP contribution in [0.2, 0.25) is 0 Å². The average molecular weight is 342 g/mol. The number of piperazine rings is 1. The monoisotopic (exact) mass is 342 g/mol. The second-order valence-electron chi connectivity index (χ2n) is 6.07. The SMILES string of the molecule is COc1cccc(C(c2cc(OC)ccc2OC)N2CCNCC2)c1. The second-order valence-corrected chi connectivity index (χ2v) is 6.07. The van der Waals surface area contributed by atoms with Crippen LogP contribution < -0.4 is 19.5 Å². The van der Waals surface area contributed by atoms with Crippen LogP contribution in [-0.4, -0.2) is 52.4 Å². The number of hydrogen-bond donors (Lipinski definition) is 1. The summed E-state index contributed by atoms with van der Waals surface area (Å²) >= 11 is 0. The fraction of sp³-hybridized carbons (Fsp3) is 0.400. The number of hydrogen-bond acceptors (Lipinski definition) is 5. The summed E-state index contributed by atoms with van der Waals surface area (Å²) in [5, 5.41) is 3.42. The van der Waals surface area contributed by atoms with E-state index in [9.17, 15) is 0 Å². The number of rotatable bonds is 6. The summed E-state index contributed by atoms with van der Waals surface area (Å²) in [6, 6.07) is 14.3. The van der Waals surface area contributed by atoms with E-state index in [4.69, 9.17) is 14.2 Å². The molecule has 0 saturated carbocycles. The lowest BCUT2D eigenvalue weighted by Crippen LogP contribution is -2.45. The minimum atomic E-state index is 0.0854. The van der Waals surface area contributed by atoms with Crippen molar-refractivity contribution in [3.05, 3.63) is 53.6 Å². The molecule has 5 nitrogen and oxygen atoms in total.